The summed E-state index contributed by atoms with van der Waals surface area (Å²) in [5.74, 6) is 0.0430. The topological polar surface area (TPSA) is 43.4 Å². The summed E-state index contributed by atoms with van der Waals surface area (Å²) in [4.78, 5) is 22.7. The number of rotatable bonds is 6. The van der Waals surface area contributed by atoms with E-state index >= 15 is 0 Å². The van der Waals surface area contributed by atoms with E-state index in [9.17, 15) is 9.59 Å². The first-order valence-electron chi connectivity index (χ1n) is 5.24. The zero-order valence-electron chi connectivity index (χ0n) is 9.60. The van der Waals surface area contributed by atoms with Gasteiger partial charge in [-0.25, -0.2) is 0 Å². The van der Waals surface area contributed by atoms with Gasteiger partial charge in [-0.05, 0) is 6.92 Å². The lowest BCUT2D eigenvalue weighted by molar-refractivity contribution is -0.119. The van der Waals surface area contributed by atoms with Gasteiger partial charge in [-0.1, -0.05) is 30.3 Å². The van der Waals surface area contributed by atoms with Gasteiger partial charge >= 0.3 is 0 Å². The van der Waals surface area contributed by atoms with Crippen molar-refractivity contribution in [2.24, 2.45) is 0 Å². The van der Waals surface area contributed by atoms with Crippen LogP contribution in [0.5, 0.6) is 0 Å². The van der Waals surface area contributed by atoms with Crippen LogP contribution in [-0.2, 0) is 9.53 Å². The highest BCUT2D eigenvalue weighted by Crippen LogP contribution is 2.10. The Morgan fingerprint density at radius 3 is 2.31 bits per heavy atom. The lowest BCUT2D eigenvalue weighted by atomic mass is 10.0. The van der Waals surface area contributed by atoms with Crippen molar-refractivity contribution in [2.45, 2.75) is 25.9 Å². The van der Waals surface area contributed by atoms with Crippen molar-refractivity contribution in [1.29, 1.82) is 0 Å². The first-order valence-corrected chi connectivity index (χ1v) is 5.24. The predicted octanol–water partition coefficient (Wildman–Crippen LogP) is 2.25. The highest BCUT2D eigenvalue weighted by atomic mass is 16.5. The fourth-order valence-electron chi connectivity index (χ4n) is 1.51. The zero-order valence-corrected chi connectivity index (χ0v) is 9.60. The molecule has 0 aromatic heterocycles. The third-order valence-electron chi connectivity index (χ3n) is 2.36. The molecule has 3 heteroatoms. The Morgan fingerprint density at radius 2 is 1.81 bits per heavy atom. The summed E-state index contributed by atoms with van der Waals surface area (Å²) in [6, 6.07) is 9.03. The first kappa shape index (κ1) is 12.6. The van der Waals surface area contributed by atoms with Crippen LogP contribution in [0.4, 0.5) is 0 Å². The number of hydrogen-bond acceptors (Lipinski definition) is 3. The molecule has 3 nitrogen and oxygen atoms in total. The Kier molecular flexibility index (Phi) is 4.86. The van der Waals surface area contributed by atoms with Gasteiger partial charge < -0.3 is 4.74 Å². The van der Waals surface area contributed by atoms with E-state index in [0.29, 0.717) is 5.56 Å². The Labute approximate surface area is 95.4 Å². The third-order valence-corrected chi connectivity index (χ3v) is 2.36. The van der Waals surface area contributed by atoms with Gasteiger partial charge in [0.25, 0.3) is 0 Å². The van der Waals surface area contributed by atoms with E-state index in [2.05, 4.69) is 0 Å². The second-order valence-electron chi connectivity index (χ2n) is 3.76. The predicted molar refractivity (Wildman–Crippen MR) is 61.5 cm³/mol. The van der Waals surface area contributed by atoms with Crippen LogP contribution in [0, 0.1) is 0 Å². The largest absolute Gasteiger partial charge is 0.381 e. The molecule has 0 spiro atoms. The number of carbonyl (C=O) groups excluding carboxylic acids is 2. The number of hydrogen-bond donors (Lipinski definition) is 0. The standard InChI is InChI=1S/C13H16O3/c1-10(14)8-12(16-2)9-13(15)11-6-4-3-5-7-11/h3-7,12H,8-9H2,1-2H3. The molecule has 0 fully saturated rings. The van der Waals surface area contributed by atoms with E-state index in [1.807, 2.05) is 18.2 Å². The zero-order chi connectivity index (χ0) is 12.0. The van der Waals surface area contributed by atoms with Crippen LogP contribution in [0.3, 0.4) is 0 Å². The normalized spacial score (nSPS) is 12.1. The summed E-state index contributed by atoms with van der Waals surface area (Å²) in [7, 11) is 1.52. The first-order chi connectivity index (χ1) is 7.63. The second-order valence-corrected chi connectivity index (χ2v) is 3.76. The maximum atomic E-state index is 11.8. The van der Waals surface area contributed by atoms with Gasteiger partial charge in [-0.2, -0.15) is 0 Å². The number of benzene rings is 1. The van der Waals surface area contributed by atoms with Crippen LogP contribution in [-0.4, -0.2) is 24.8 Å². The highest BCUT2D eigenvalue weighted by molar-refractivity contribution is 5.96. The van der Waals surface area contributed by atoms with Gasteiger partial charge in [0.1, 0.15) is 5.78 Å². The minimum Gasteiger partial charge on any atom is -0.381 e. The van der Waals surface area contributed by atoms with E-state index in [-0.39, 0.29) is 30.5 Å². The molecule has 1 atom stereocenters. The van der Waals surface area contributed by atoms with Crippen LogP contribution in [0.15, 0.2) is 30.3 Å². The number of Topliss-reactive ketones (excluding diaryl/α,β-unsaturated/α-hetero) is 2. The number of methoxy groups -OCH3 is 1. The molecule has 0 saturated heterocycles. The van der Waals surface area contributed by atoms with Gasteiger partial charge in [0, 0.05) is 25.5 Å². The maximum Gasteiger partial charge on any atom is 0.165 e. The summed E-state index contributed by atoms with van der Waals surface area (Å²) < 4.78 is 5.11. The molecule has 86 valence electrons. The lowest BCUT2D eigenvalue weighted by Gasteiger charge is -2.12. The molecule has 1 aromatic carbocycles. The van der Waals surface area contributed by atoms with E-state index in [4.69, 9.17) is 4.74 Å². The fourth-order valence-corrected chi connectivity index (χ4v) is 1.51. The van der Waals surface area contributed by atoms with Gasteiger partial charge in [0.15, 0.2) is 5.78 Å². The number of carbonyl (C=O) groups is 2. The molecular weight excluding hydrogens is 204 g/mol. The molecule has 0 aliphatic heterocycles. The molecule has 0 aliphatic rings. The van der Waals surface area contributed by atoms with E-state index in [1.165, 1.54) is 14.0 Å². The highest BCUT2D eigenvalue weighted by Gasteiger charge is 2.16. The monoisotopic (exact) mass is 220 g/mol. The minimum absolute atomic E-state index is 0.00806. The number of ketones is 2. The number of ether oxygens (including phenoxy) is 1. The Bertz CT molecular complexity index is 357. The molecule has 0 N–H and O–H groups in total. The van der Waals surface area contributed by atoms with Gasteiger partial charge in [-0.15, -0.1) is 0 Å². The van der Waals surface area contributed by atoms with Crippen molar-refractivity contribution in [3.63, 3.8) is 0 Å². The van der Waals surface area contributed by atoms with E-state index < -0.39 is 0 Å². The average Bonchev–Trinajstić information content (AvgIpc) is 2.28. The summed E-state index contributed by atoms with van der Waals surface area (Å²) in [5.41, 5.74) is 0.660. The van der Waals surface area contributed by atoms with Crippen molar-refractivity contribution in [2.75, 3.05) is 7.11 Å². The molecule has 0 saturated carbocycles. The van der Waals surface area contributed by atoms with Gasteiger partial charge in [-0.3, -0.25) is 9.59 Å². The molecule has 1 unspecified atom stereocenters. The SMILES string of the molecule is COC(CC(C)=O)CC(=O)c1ccccc1. The smallest absolute Gasteiger partial charge is 0.165 e. The lowest BCUT2D eigenvalue weighted by Crippen LogP contribution is -2.19. The Hall–Kier alpha value is -1.48. The van der Waals surface area contributed by atoms with E-state index in [0.717, 1.165) is 0 Å². The second kappa shape index (κ2) is 6.18. The van der Waals surface area contributed by atoms with Crippen LogP contribution in [0.25, 0.3) is 0 Å². The van der Waals surface area contributed by atoms with Gasteiger partial charge in [0.2, 0.25) is 0 Å². The van der Waals surface area contributed by atoms with Crippen molar-refractivity contribution in [3.8, 4) is 0 Å². The molecule has 1 aromatic rings. The Morgan fingerprint density at radius 1 is 1.19 bits per heavy atom. The van der Waals surface area contributed by atoms with Crippen LogP contribution >= 0.6 is 0 Å². The summed E-state index contributed by atoms with van der Waals surface area (Å²) in [6.45, 7) is 1.50. The van der Waals surface area contributed by atoms with Crippen molar-refractivity contribution in [1.82, 2.24) is 0 Å². The molecule has 0 amide bonds. The molecule has 0 radical (unpaired) electrons. The minimum atomic E-state index is -0.315. The van der Waals surface area contributed by atoms with E-state index in [1.54, 1.807) is 12.1 Å². The molecular formula is C13H16O3. The third kappa shape index (κ3) is 3.95. The van der Waals surface area contributed by atoms with Crippen molar-refractivity contribution >= 4 is 11.6 Å². The van der Waals surface area contributed by atoms with Crippen LogP contribution in [0.1, 0.15) is 30.1 Å². The van der Waals surface area contributed by atoms with Crippen LogP contribution < -0.4 is 0 Å². The Balaban J connectivity index is 2.59. The molecule has 16 heavy (non-hydrogen) atoms. The van der Waals surface area contributed by atoms with Crippen LogP contribution in [0.2, 0.25) is 0 Å². The molecule has 1 rings (SSSR count). The van der Waals surface area contributed by atoms with Crippen molar-refractivity contribution < 1.29 is 14.3 Å². The maximum absolute atomic E-state index is 11.8. The quantitative estimate of drug-likeness (QED) is 0.690. The summed E-state index contributed by atoms with van der Waals surface area (Å²) >= 11 is 0. The summed E-state index contributed by atoms with van der Waals surface area (Å²) in [5, 5.41) is 0. The molecule has 0 bridgehead atoms. The average molecular weight is 220 g/mol. The summed E-state index contributed by atoms with van der Waals surface area (Å²) in [6.07, 6.45) is 0.222. The fraction of sp³-hybridized carbons (Fsp3) is 0.385. The molecule has 0 heterocycles. The van der Waals surface area contributed by atoms with Crippen molar-refractivity contribution in [3.05, 3.63) is 35.9 Å². The molecule has 0 aliphatic carbocycles. The van der Waals surface area contributed by atoms with Gasteiger partial charge in [0.05, 0.1) is 6.10 Å².